The van der Waals surface area contributed by atoms with E-state index in [1.807, 2.05) is 6.07 Å². The normalized spacial score (nSPS) is 11.2. The van der Waals surface area contributed by atoms with Crippen molar-refractivity contribution >= 4 is 22.9 Å². The van der Waals surface area contributed by atoms with Crippen molar-refractivity contribution in [1.29, 1.82) is 5.26 Å². The van der Waals surface area contributed by atoms with Gasteiger partial charge in [0, 0.05) is 22.3 Å². The summed E-state index contributed by atoms with van der Waals surface area (Å²) in [6.07, 6.45) is -2.23. The van der Waals surface area contributed by atoms with Crippen LogP contribution in [0.3, 0.4) is 0 Å². The Labute approximate surface area is 159 Å². The van der Waals surface area contributed by atoms with Gasteiger partial charge >= 0.3 is 6.18 Å². The second-order valence-electron chi connectivity index (χ2n) is 5.35. The van der Waals surface area contributed by atoms with E-state index in [0.717, 1.165) is 16.8 Å². The van der Waals surface area contributed by atoms with Crippen LogP contribution in [0.25, 0.3) is 0 Å². The van der Waals surface area contributed by atoms with E-state index in [-0.39, 0.29) is 22.9 Å². The monoisotopic (exact) mass is 411 g/mol. The number of rotatable bonds is 4. The number of halogens is 4. The number of thiazole rings is 1. The molecule has 5 nitrogen and oxygen atoms in total. The Morgan fingerprint density at radius 2 is 2.11 bits per heavy atom. The molecule has 0 aliphatic heterocycles. The Morgan fingerprint density at radius 1 is 1.33 bits per heavy atom. The van der Waals surface area contributed by atoms with Crippen LogP contribution in [0.4, 0.5) is 13.2 Å². The fraction of sp³-hybridized carbons (Fsp3) is 0.118. The van der Waals surface area contributed by atoms with Crippen molar-refractivity contribution in [2.75, 3.05) is 0 Å². The molecule has 3 rings (SSSR count). The summed E-state index contributed by atoms with van der Waals surface area (Å²) in [5, 5.41) is 9.06. The zero-order chi connectivity index (χ0) is 19.6. The number of pyridine rings is 1. The highest BCUT2D eigenvalue weighted by Gasteiger charge is 2.36. The van der Waals surface area contributed by atoms with Crippen molar-refractivity contribution in [1.82, 2.24) is 9.55 Å². The lowest BCUT2D eigenvalue weighted by atomic mass is 10.2. The van der Waals surface area contributed by atoms with Gasteiger partial charge in [0.1, 0.15) is 11.3 Å². The van der Waals surface area contributed by atoms with Crippen molar-refractivity contribution in [3.63, 3.8) is 0 Å². The molecule has 0 spiro atoms. The Bertz CT molecular complexity index is 1070. The number of hydrogen-bond donors (Lipinski definition) is 0. The first-order valence-electron chi connectivity index (χ1n) is 7.34. The third kappa shape index (κ3) is 4.30. The summed E-state index contributed by atoms with van der Waals surface area (Å²) in [7, 11) is 0. The summed E-state index contributed by atoms with van der Waals surface area (Å²) in [5.74, 6) is -1.03. The summed E-state index contributed by atoms with van der Waals surface area (Å²) in [6, 6.07) is 6.34. The lowest BCUT2D eigenvalue weighted by molar-refractivity contribution is -0.138. The SMILES string of the molecule is N#Cc1cc(Cl)cc(Oc2c(C(F)(F)F)ccn(Cc3cncs3)c2=O)c1. The van der Waals surface area contributed by atoms with Gasteiger partial charge in [-0.05, 0) is 24.3 Å². The summed E-state index contributed by atoms with van der Waals surface area (Å²) >= 11 is 7.11. The topological polar surface area (TPSA) is 67.9 Å². The van der Waals surface area contributed by atoms with Gasteiger partial charge in [0.15, 0.2) is 0 Å². The highest BCUT2D eigenvalue weighted by atomic mass is 35.5. The number of ether oxygens (including phenoxy) is 1. The molecule has 0 N–H and O–H groups in total. The van der Waals surface area contributed by atoms with Gasteiger partial charge in [0.05, 0.1) is 23.7 Å². The number of nitriles is 1. The van der Waals surface area contributed by atoms with Gasteiger partial charge in [-0.25, -0.2) is 0 Å². The van der Waals surface area contributed by atoms with Crippen LogP contribution in [0.5, 0.6) is 11.5 Å². The molecule has 3 aromatic rings. The molecule has 2 aromatic heterocycles. The van der Waals surface area contributed by atoms with Gasteiger partial charge < -0.3 is 9.30 Å². The average Bonchev–Trinajstić information content (AvgIpc) is 3.10. The lowest BCUT2D eigenvalue weighted by Gasteiger charge is -2.15. The van der Waals surface area contributed by atoms with Crippen LogP contribution in [0, 0.1) is 11.3 Å². The number of hydrogen-bond acceptors (Lipinski definition) is 5. The molecular weight excluding hydrogens is 403 g/mol. The lowest BCUT2D eigenvalue weighted by Crippen LogP contribution is -2.24. The van der Waals surface area contributed by atoms with Crippen LogP contribution >= 0.6 is 22.9 Å². The van der Waals surface area contributed by atoms with E-state index in [4.69, 9.17) is 21.6 Å². The number of alkyl halides is 3. The summed E-state index contributed by atoms with van der Waals surface area (Å²) < 4.78 is 46.4. The van der Waals surface area contributed by atoms with Gasteiger partial charge in [-0.2, -0.15) is 18.4 Å². The minimum Gasteiger partial charge on any atom is -0.451 e. The van der Waals surface area contributed by atoms with E-state index in [1.165, 1.54) is 35.7 Å². The molecule has 27 heavy (non-hydrogen) atoms. The highest BCUT2D eigenvalue weighted by Crippen LogP contribution is 2.36. The molecule has 0 radical (unpaired) electrons. The van der Waals surface area contributed by atoms with Crippen LogP contribution < -0.4 is 10.3 Å². The molecule has 138 valence electrons. The Morgan fingerprint density at radius 3 is 2.74 bits per heavy atom. The third-order valence-corrected chi connectivity index (χ3v) is 4.44. The summed E-state index contributed by atoms with van der Waals surface area (Å²) in [5.41, 5.74) is -0.535. The van der Waals surface area contributed by atoms with Crippen LogP contribution in [-0.2, 0) is 12.7 Å². The van der Waals surface area contributed by atoms with Crippen molar-refractivity contribution < 1.29 is 17.9 Å². The van der Waals surface area contributed by atoms with E-state index >= 15 is 0 Å². The van der Waals surface area contributed by atoms with E-state index in [9.17, 15) is 18.0 Å². The van der Waals surface area contributed by atoms with Gasteiger partial charge in [0.25, 0.3) is 5.56 Å². The number of benzene rings is 1. The molecule has 10 heteroatoms. The van der Waals surface area contributed by atoms with Gasteiger partial charge in [-0.15, -0.1) is 11.3 Å². The van der Waals surface area contributed by atoms with Crippen LogP contribution in [0.15, 0.2) is 47.0 Å². The molecule has 2 heterocycles. The molecule has 0 fully saturated rings. The average molecular weight is 412 g/mol. The van der Waals surface area contributed by atoms with Crippen molar-refractivity contribution in [2.24, 2.45) is 0 Å². The minimum atomic E-state index is -4.80. The largest absolute Gasteiger partial charge is 0.451 e. The van der Waals surface area contributed by atoms with Crippen molar-refractivity contribution in [3.05, 3.63) is 73.6 Å². The summed E-state index contributed by atoms with van der Waals surface area (Å²) in [6.45, 7) is 0.0526. The maximum absolute atomic E-state index is 13.4. The van der Waals surface area contributed by atoms with Gasteiger partial charge in [0.2, 0.25) is 5.75 Å². The predicted molar refractivity (Wildman–Crippen MR) is 93.2 cm³/mol. The minimum absolute atomic E-state index is 0.0526. The molecule has 1 aromatic carbocycles. The fourth-order valence-corrected chi connectivity index (χ4v) is 3.11. The molecule has 0 saturated carbocycles. The first kappa shape index (κ1) is 18.9. The Balaban J connectivity index is 2.09. The zero-order valence-electron chi connectivity index (χ0n) is 13.3. The molecule has 0 bridgehead atoms. The summed E-state index contributed by atoms with van der Waals surface area (Å²) in [4.78, 5) is 17.2. The fourth-order valence-electron chi connectivity index (χ4n) is 2.29. The second-order valence-corrected chi connectivity index (χ2v) is 6.75. The molecule has 0 saturated heterocycles. The molecule has 0 amide bonds. The molecule has 0 aliphatic carbocycles. The predicted octanol–water partition coefficient (Wildman–Crippen LogP) is 4.69. The van der Waals surface area contributed by atoms with Gasteiger partial charge in [-0.1, -0.05) is 11.6 Å². The molecule has 0 aliphatic rings. The van der Waals surface area contributed by atoms with Crippen LogP contribution in [-0.4, -0.2) is 9.55 Å². The van der Waals surface area contributed by atoms with E-state index in [1.54, 1.807) is 5.51 Å². The second kappa shape index (κ2) is 7.42. The maximum atomic E-state index is 13.4. The van der Waals surface area contributed by atoms with E-state index in [2.05, 4.69) is 4.98 Å². The van der Waals surface area contributed by atoms with Crippen molar-refractivity contribution in [3.8, 4) is 17.6 Å². The quantitative estimate of drug-likeness (QED) is 0.624. The standard InChI is InChI=1S/C17H9ClF3N3O2S/c18-11-3-10(6-22)4-12(5-11)26-15-14(17(19,20)21)1-2-24(16(15)25)8-13-7-23-9-27-13/h1-5,7,9H,8H2. The first-order valence-corrected chi connectivity index (χ1v) is 8.60. The Kier molecular flexibility index (Phi) is 5.21. The number of aromatic nitrogens is 2. The number of nitrogens with zero attached hydrogens (tertiary/aromatic N) is 3. The zero-order valence-corrected chi connectivity index (χ0v) is 14.9. The maximum Gasteiger partial charge on any atom is 0.420 e. The van der Waals surface area contributed by atoms with E-state index in [0.29, 0.717) is 4.88 Å². The smallest absolute Gasteiger partial charge is 0.420 e. The Hall–Kier alpha value is -2.83. The molecule has 0 unspecified atom stereocenters. The van der Waals surface area contributed by atoms with Crippen LogP contribution in [0.2, 0.25) is 5.02 Å². The molecular formula is C17H9ClF3N3O2S. The third-order valence-electron chi connectivity index (χ3n) is 3.46. The van der Waals surface area contributed by atoms with Crippen LogP contribution in [0.1, 0.15) is 16.0 Å². The van der Waals surface area contributed by atoms with Crippen molar-refractivity contribution in [2.45, 2.75) is 12.7 Å². The first-order chi connectivity index (χ1) is 12.8. The van der Waals surface area contributed by atoms with E-state index < -0.39 is 23.0 Å². The molecule has 0 atom stereocenters. The van der Waals surface area contributed by atoms with Gasteiger partial charge in [-0.3, -0.25) is 9.78 Å². The highest BCUT2D eigenvalue weighted by molar-refractivity contribution is 7.09.